The summed E-state index contributed by atoms with van der Waals surface area (Å²) >= 11 is 0. The molecule has 1 unspecified atom stereocenters. The Balaban J connectivity index is 2.94. The van der Waals surface area contributed by atoms with E-state index in [9.17, 15) is 4.79 Å². The van der Waals surface area contributed by atoms with Crippen LogP contribution >= 0.6 is 0 Å². The maximum absolute atomic E-state index is 11.0. The van der Waals surface area contributed by atoms with Crippen LogP contribution in [-0.2, 0) is 4.79 Å². The Bertz CT molecular complexity index is 426. The summed E-state index contributed by atoms with van der Waals surface area (Å²) in [5, 5.41) is 12.4. The molecule has 0 aliphatic carbocycles. The Labute approximate surface area is 109 Å². The van der Waals surface area contributed by atoms with E-state index >= 15 is 0 Å². The first-order valence-electron chi connectivity index (χ1n) is 6.42. The fourth-order valence-corrected chi connectivity index (χ4v) is 2.11. The van der Waals surface area contributed by atoms with Gasteiger partial charge in [-0.2, -0.15) is 0 Å². The molecule has 1 aromatic carbocycles. The van der Waals surface area contributed by atoms with Crippen molar-refractivity contribution in [1.29, 1.82) is 0 Å². The van der Waals surface area contributed by atoms with E-state index in [1.807, 2.05) is 6.92 Å². The smallest absolute Gasteiger partial charge is 0.308 e. The molecule has 0 amide bonds. The summed E-state index contributed by atoms with van der Waals surface area (Å²) in [6.45, 7) is 10.7. The molecule has 1 rings (SSSR count). The van der Waals surface area contributed by atoms with Crippen molar-refractivity contribution in [3.8, 4) is 0 Å². The molecule has 0 bridgehead atoms. The van der Waals surface area contributed by atoms with E-state index in [4.69, 9.17) is 5.11 Å². The molecule has 0 spiro atoms. The molecule has 0 aliphatic rings. The molecule has 100 valence electrons. The second-order valence-electron chi connectivity index (χ2n) is 4.96. The Morgan fingerprint density at radius 1 is 1.22 bits per heavy atom. The average molecular weight is 249 g/mol. The molecule has 18 heavy (non-hydrogen) atoms. The number of anilines is 1. The summed E-state index contributed by atoms with van der Waals surface area (Å²) in [4.78, 5) is 11.0. The zero-order valence-electron chi connectivity index (χ0n) is 11.9. The molecular weight excluding hydrogens is 226 g/mol. The van der Waals surface area contributed by atoms with Crippen molar-refractivity contribution in [2.75, 3.05) is 11.9 Å². The Kier molecular flexibility index (Phi) is 4.76. The molecule has 0 fully saturated rings. The topological polar surface area (TPSA) is 49.3 Å². The van der Waals surface area contributed by atoms with Crippen LogP contribution in [0, 0.1) is 33.6 Å². The van der Waals surface area contributed by atoms with Gasteiger partial charge in [-0.25, -0.2) is 0 Å². The highest BCUT2D eigenvalue weighted by Gasteiger charge is 2.16. The van der Waals surface area contributed by atoms with Gasteiger partial charge in [0, 0.05) is 12.2 Å². The molecule has 1 aromatic rings. The van der Waals surface area contributed by atoms with Crippen LogP contribution in [0.3, 0.4) is 0 Å². The van der Waals surface area contributed by atoms with Crippen LogP contribution in [0.1, 0.15) is 35.6 Å². The molecule has 3 heteroatoms. The number of aliphatic carboxylic acids is 1. The number of carboxylic acids is 1. The van der Waals surface area contributed by atoms with Crippen molar-refractivity contribution in [2.24, 2.45) is 5.92 Å². The summed E-state index contributed by atoms with van der Waals surface area (Å²) in [5.41, 5.74) is 5.98. The van der Waals surface area contributed by atoms with Gasteiger partial charge in [-0.05, 0) is 56.4 Å². The first-order valence-corrected chi connectivity index (χ1v) is 6.42. The van der Waals surface area contributed by atoms with Gasteiger partial charge in [-0.15, -0.1) is 0 Å². The van der Waals surface area contributed by atoms with Crippen molar-refractivity contribution in [2.45, 2.75) is 41.0 Å². The van der Waals surface area contributed by atoms with Crippen molar-refractivity contribution in [1.82, 2.24) is 0 Å². The zero-order chi connectivity index (χ0) is 13.9. The van der Waals surface area contributed by atoms with Crippen LogP contribution in [0.15, 0.2) is 6.07 Å². The first kappa shape index (κ1) is 14.6. The van der Waals surface area contributed by atoms with Crippen LogP contribution in [-0.4, -0.2) is 17.6 Å². The predicted molar refractivity (Wildman–Crippen MR) is 75.3 cm³/mol. The number of hydrogen-bond acceptors (Lipinski definition) is 2. The summed E-state index contributed by atoms with van der Waals surface area (Å²) in [6, 6.07) is 2.17. The van der Waals surface area contributed by atoms with E-state index in [0.717, 1.165) is 5.69 Å². The van der Waals surface area contributed by atoms with E-state index < -0.39 is 5.97 Å². The minimum absolute atomic E-state index is 0.329. The second kappa shape index (κ2) is 5.89. The largest absolute Gasteiger partial charge is 0.481 e. The number of carbonyl (C=O) groups is 1. The van der Waals surface area contributed by atoms with Crippen molar-refractivity contribution < 1.29 is 9.90 Å². The van der Waals surface area contributed by atoms with Gasteiger partial charge in [0.25, 0.3) is 0 Å². The molecule has 0 saturated carbocycles. The predicted octanol–water partition coefficient (Wildman–Crippen LogP) is 3.44. The monoisotopic (exact) mass is 249 g/mol. The summed E-state index contributed by atoms with van der Waals surface area (Å²) in [6.07, 6.45) is 0.644. The van der Waals surface area contributed by atoms with Gasteiger partial charge in [0.1, 0.15) is 0 Å². The molecule has 0 radical (unpaired) electrons. The SMILES string of the molecule is CCC(CNc1c(C)c(C)cc(C)c1C)C(=O)O. The lowest BCUT2D eigenvalue weighted by atomic mass is 9.98. The minimum atomic E-state index is -0.732. The van der Waals surface area contributed by atoms with Gasteiger partial charge in [-0.3, -0.25) is 4.79 Å². The highest BCUT2D eigenvalue weighted by atomic mass is 16.4. The average Bonchev–Trinajstić information content (AvgIpc) is 2.31. The summed E-state index contributed by atoms with van der Waals surface area (Å²) < 4.78 is 0. The molecule has 0 saturated heterocycles. The maximum atomic E-state index is 11.0. The summed E-state index contributed by atoms with van der Waals surface area (Å²) in [7, 11) is 0. The van der Waals surface area contributed by atoms with Crippen LogP contribution in [0.5, 0.6) is 0 Å². The standard InChI is InChI=1S/C15H23NO2/c1-6-13(15(17)18)8-16-14-11(4)9(2)7-10(3)12(14)5/h7,13,16H,6,8H2,1-5H3,(H,17,18). The van der Waals surface area contributed by atoms with E-state index in [1.54, 1.807) is 0 Å². The minimum Gasteiger partial charge on any atom is -0.481 e. The Morgan fingerprint density at radius 3 is 2.11 bits per heavy atom. The molecule has 0 aromatic heterocycles. The van der Waals surface area contributed by atoms with Gasteiger partial charge >= 0.3 is 5.97 Å². The van der Waals surface area contributed by atoms with Gasteiger partial charge in [0.05, 0.1) is 5.92 Å². The van der Waals surface area contributed by atoms with Crippen LogP contribution in [0.4, 0.5) is 5.69 Å². The molecule has 0 aliphatic heterocycles. The Hall–Kier alpha value is -1.51. The van der Waals surface area contributed by atoms with E-state index in [-0.39, 0.29) is 5.92 Å². The molecule has 0 heterocycles. The lowest BCUT2D eigenvalue weighted by Gasteiger charge is -2.19. The van der Waals surface area contributed by atoms with Crippen LogP contribution < -0.4 is 5.32 Å². The molecule has 1 atom stereocenters. The van der Waals surface area contributed by atoms with E-state index in [2.05, 4.69) is 39.1 Å². The zero-order valence-corrected chi connectivity index (χ0v) is 11.9. The molecular formula is C15H23NO2. The number of benzene rings is 1. The number of carboxylic acid groups (broad SMARTS) is 1. The van der Waals surface area contributed by atoms with Crippen molar-refractivity contribution in [3.05, 3.63) is 28.3 Å². The maximum Gasteiger partial charge on any atom is 0.308 e. The highest BCUT2D eigenvalue weighted by molar-refractivity contribution is 5.71. The third-order valence-electron chi connectivity index (χ3n) is 3.73. The Morgan fingerprint density at radius 2 is 1.72 bits per heavy atom. The fourth-order valence-electron chi connectivity index (χ4n) is 2.11. The third kappa shape index (κ3) is 3.03. The highest BCUT2D eigenvalue weighted by Crippen LogP contribution is 2.26. The first-order chi connectivity index (χ1) is 8.38. The van der Waals surface area contributed by atoms with E-state index in [0.29, 0.717) is 13.0 Å². The van der Waals surface area contributed by atoms with E-state index in [1.165, 1.54) is 22.3 Å². The lowest BCUT2D eigenvalue weighted by Crippen LogP contribution is -2.22. The van der Waals surface area contributed by atoms with Gasteiger partial charge < -0.3 is 10.4 Å². The van der Waals surface area contributed by atoms with Crippen LogP contribution in [0.2, 0.25) is 0 Å². The van der Waals surface area contributed by atoms with Gasteiger partial charge in [-0.1, -0.05) is 13.0 Å². The van der Waals surface area contributed by atoms with Crippen LogP contribution in [0.25, 0.3) is 0 Å². The summed E-state index contributed by atoms with van der Waals surface area (Å²) in [5.74, 6) is -1.06. The number of rotatable bonds is 5. The van der Waals surface area contributed by atoms with Gasteiger partial charge in [0.15, 0.2) is 0 Å². The second-order valence-corrected chi connectivity index (χ2v) is 4.96. The number of aryl methyl sites for hydroxylation is 2. The fraction of sp³-hybridized carbons (Fsp3) is 0.533. The third-order valence-corrected chi connectivity index (χ3v) is 3.73. The van der Waals surface area contributed by atoms with Gasteiger partial charge in [0.2, 0.25) is 0 Å². The van der Waals surface area contributed by atoms with Crippen molar-refractivity contribution in [3.63, 3.8) is 0 Å². The number of hydrogen-bond donors (Lipinski definition) is 2. The molecule has 3 nitrogen and oxygen atoms in total. The van der Waals surface area contributed by atoms with Crippen molar-refractivity contribution >= 4 is 11.7 Å². The number of nitrogens with one attached hydrogen (secondary N) is 1. The lowest BCUT2D eigenvalue weighted by molar-refractivity contribution is -0.141. The normalized spacial score (nSPS) is 12.3. The molecule has 2 N–H and O–H groups in total. The quantitative estimate of drug-likeness (QED) is 0.840.